The van der Waals surface area contributed by atoms with Gasteiger partial charge in [-0.25, -0.2) is 4.39 Å². The summed E-state index contributed by atoms with van der Waals surface area (Å²) in [4.78, 5) is 11.6. The van der Waals surface area contributed by atoms with E-state index in [4.69, 9.17) is 5.73 Å². The summed E-state index contributed by atoms with van der Waals surface area (Å²) in [6, 6.07) is 3.81. The zero-order valence-electron chi connectivity index (χ0n) is 9.74. The highest BCUT2D eigenvalue weighted by Crippen LogP contribution is 2.11. The van der Waals surface area contributed by atoms with Gasteiger partial charge in [0.1, 0.15) is 5.82 Å². The van der Waals surface area contributed by atoms with Gasteiger partial charge in [0, 0.05) is 12.2 Å². The Balaban J connectivity index is 2.61. The first-order valence-corrected chi connectivity index (χ1v) is 5.56. The smallest absolute Gasteiger partial charge is 0.254 e. The molecular weight excluding hydrogens is 223 g/mol. The molecule has 0 fully saturated rings. The number of nitrogens with one attached hydrogen (secondary N) is 1. The highest BCUT2D eigenvalue weighted by atomic mass is 19.1. The highest BCUT2D eigenvalue weighted by molar-refractivity contribution is 5.95. The van der Waals surface area contributed by atoms with Crippen molar-refractivity contribution in [2.24, 2.45) is 0 Å². The number of hydrogen-bond donors (Lipinski definition) is 3. The second kappa shape index (κ2) is 6.20. The van der Waals surface area contributed by atoms with E-state index >= 15 is 0 Å². The third kappa shape index (κ3) is 4.03. The predicted octanol–water partition coefficient (Wildman–Crippen LogP) is 1.30. The molecule has 5 heteroatoms. The lowest BCUT2D eigenvalue weighted by Crippen LogP contribution is -2.32. The van der Waals surface area contributed by atoms with Crippen LogP contribution in [0, 0.1) is 5.82 Å². The number of anilines is 1. The molecule has 4 nitrogen and oxygen atoms in total. The van der Waals surface area contributed by atoms with E-state index in [1.165, 1.54) is 12.1 Å². The first-order valence-electron chi connectivity index (χ1n) is 5.56. The number of carbonyl (C=O) groups is 1. The number of amides is 1. The number of aliphatic hydroxyl groups is 1. The van der Waals surface area contributed by atoms with Gasteiger partial charge >= 0.3 is 0 Å². The van der Waals surface area contributed by atoms with Crippen LogP contribution in [0.15, 0.2) is 18.2 Å². The summed E-state index contributed by atoms with van der Waals surface area (Å²) in [7, 11) is 0. The Labute approximate surface area is 99.6 Å². The molecule has 94 valence electrons. The molecule has 0 saturated carbocycles. The molecule has 0 aliphatic carbocycles. The van der Waals surface area contributed by atoms with Gasteiger partial charge in [-0.2, -0.15) is 0 Å². The van der Waals surface area contributed by atoms with Crippen molar-refractivity contribution in [2.45, 2.75) is 25.9 Å². The van der Waals surface area contributed by atoms with Gasteiger partial charge in [0.05, 0.1) is 11.7 Å². The molecule has 0 bridgehead atoms. The van der Waals surface area contributed by atoms with Crippen LogP contribution in [0.25, 0.3) is 0 Å². The van der Waals surface area contributed by atoms with Crippen molar-refractivity contribution in [3.8, 4) is 0 Å². The van der Waals surface area contributed by atoms with Crippen LogP contribution in [0.1, 0.15) is 30.1 Å². The molecule has 0 aliphatic heterocycles. The van der Waals surface area contributed by atoms with Crippen molar-refractivity contribution in [1.82, 2.24) is 5.32 Å². The van der Waals surface area contributed by atoms with Gasteiger partial charge in [0.25, 0.3) is 5.91 Å². The Morgan fingerprint density at radius 1 is 1.59 bits per heavy atom. The van der Waals surface area contributed by atoms with E-state index in [9.17, 15) is 14.3 Å². The van der Waals surface area contributed by atoms with Crippen molar-refractivity contribution in [3.05, 3.63) is 29.6 Å². The Morgan fingerprint density at radius 3 is 2.94 bits per heavy atom. The monoisotopic (exact) mass is 240 g/mol. The van der Waals surface area contributed by atoms with E-state index in [2.05, 4.69) is 5.32 Å². The van der Waals surface area contributed by atoms with Crippen LogP contribution < -0.4 is 11.1 Å². The molecule has 1 atom stereocenters. The third-order valence-corrected chi connectivity index (χ3v) is 2.36. The molecule has 1 amide bonds. The molecule has 1 aromatic carbocycles. The summed E-state index contributed by atoms with van der Waals surface area (Å²) in [5.41, 5.74) is 5.69. The number of nitrogen functional groups attached to an aromatic ring is 1. The second-order valence-electron chi connectivity index (χ2n) is 3.89. The minimum atomic E-state index is -0.623. The Bertz CT molecular complexity index is 396. The second-order valence-corrected chi connectivity index (χ2v) is 3.89. The molecule has 0 saturated heterocycles. The minimum absolute atomic E-state index is 0.103. The number of hydrogen-bond acceptors (Lipinski definition) is 3. The maximum Gasteiger partial charge on any atom is 0.254 e. The highest BCUT2D eigenvalue weighted by Gasteiger charge is 2.13. The Kier molecular flexibility index (Phi) is 4.90. The molecule has 0 spiro atoms. The first-order chi connectivity index (χ1) is 8.04. The zero-order chi connectivity index (χ0) is 12.8. The van der Waals surface area contributed by atoms with E-state index in [0.29, 0.717) is 12.1 Å². The quantitative estimate of drug-likeness (QED) is 0.679. The molecule has 0 aliphatic rings. The lowest BCUT2D eigenvalue weighted by atomic mass is 10.1. The summed E-state index contributed by atoms with van der Waals surface area (Å²) >= 11 is 0. The summed E-state index contributed by atoms with van der Waals surface area (Å²) in [6.45, 7) is 2.05. The van der Waals surface area contributed by atoms with E-state index in [0.717, 1.165) is 12.5 Å². The minimum Gasteiger partial charge on any atom is -0.399 e. The van der Waals surface area contributed by atoms with Crippen molar-refractivity contribution in [3.63, 3.8) is 0 Å². The predicted molar refractivity (Wildman–Crippen MR) is 64.1 cm³/mol. The molecule has 0 heterocycles. The van der Waals surface area contributed by atoms with Crippen molar-refractivity contribution < 1.29 is 14.3 Å². The molecule has 0 aromatic heterocycles. The van der Waals surface area contributed by atoms with E-state index in [1.807, 2.05) is 6.92 Å². The number of carbonyl (C=O) groups excluding carboxylic acids is 1. The average Bonchev–Trinajstić information content (AvgIpc) is 2.29. The molecule has 17 heavy (non-hydrogen) atoms. The molecule has 1 aromatic rings. The molecule has 0 radical (unpaired) electrons. The van der Waals surface area contributed by atoms with Gasteiger partial charge in [-0.05, 0) is 24.6 Å². The summed E-state index contributed by atoms with van der Waals surface area (Å²) in [5, 5.41) is 11.9. The average molecular weight is 240 g/mol. The maximum atomic E-state index is 13.3. The molecule has 1 unspecified atom stereocenters. The van der Waals surface area contributed by atoms with Gasteiger partial charge in [-0.3, -0.25) is 4.79 Å². The number of aliphatic hydroxyl groups excluding tert-OH is 1. The number of benzene rings is 1. The van der Waals surface area contributed by atoms with Crippen LogP contribution in [-0.4, -0.2) is 23.7 Å². The Hall–Kier alpha value is -1.62. The standard InChI is InChI=1S/C12H17FN2O2/c1-2-3-9(16)7-15-12(17)10-6-8(14)4-5-11(10)13/h4-6,9,16H,2-3,7,14H2,1H3,(H,15,17). The normalized spacial score (nSPS) is 12.2. The van der Waals surface area contributed by atoms with Crippen molar-refractivity contribution in [2.75, 3.05) is 12.3 Å². The molecular formula is C12H17FN2O2. The largest absolute Gasteiger partial charge is 0.399 e. The lowest BCUT2D eigenvalue weighted by molar-refractivity contribution is 0.0906. The summed E-state index contributed by atoms with van der Waals surface area (Å²) in [6.07, 6.45) is 0.816. The van der Waals surface area contributed by atoms with Gasteiger partial charge < -0.3 is 16.2 Å². The van der Waals surface area contributed by atoms with Gasteiger partial charge in [-0.15, -0.1) is 0 Å². The first kappa shape index (κ1) is 13.4. The van der Waals surface area contributed by atoms with Crippen molar-refractivity contribution in [1.29, 1.82) is 0 Å². The van der Waals surface area contributed by atoms with E-state index < -0.39 is 17.8 Å². The van der Waals surface area contributed by atoms with Crippen LogP contribution in [0.4, 0.5) is 10.1 Å². The number of rotatable bonds is 5. The SMILES string of the molecule is CCCC(O)CNC(=O)c1cc(N)ccc1F. The fourth-order valence-corrected chi connectivity index (χ4v) is 1.46. The van der Waals surface area contributed by atoms with Gasteiger partial charge in [0.15, 0.2) is 0 Å². The summed E-state index contributed by atoms with van der Waals surface area (Å²) in [5.74, 6) is -1.19. The van der Waals surface area contributed by atoms with Gasteiger partial charge in [0.2, 0.25) is 0 Å². The third-order valence-electron chi connectivity index (χ3n) is 2.36. The lowest BCUT2D eigenvalue weighted by Gasteiger charge is -2.11. The van der Waals surface area contributed by atoms with Crippen LogP contribution >= 0.6 is 0 Å². The van der Waals surface area contributed by atoms with Crippen LogP contribution in [0.3, 0.4) is 0 Å². The van der Waals surface area contributed by atoms with Crippen LogP contribution in [0.5, 0.6) is 0 Å². The fourth-order valence-electron chi connectivity index (χ4n) is 1.46. The van der Waals surface area contributed by atoms with Gasteiger partial charge in [-0.1, -0.05) is 13.3 Å². The van der Waals surface area contributed by atoms with Crippen LogP contribution in [-0.2, 0) is 0 Å². The van der Waals surface area contributed by atoms with E-state index in [1.54, 1.807) is 0 Å². The number of halogens is 1. The Morgan fingerprint density at radius 2 is 2.29 bits per heavy atom. The van der Waals surface area contributed by atoms with Crippen LogP contribution in [0.2, 0.25) is 0 Å². The maximum absolute atomic E-state index is 13.3. The summed E-state index contributed by atoms with van der Waals surface area (Å²) < 4.78 is 13.3. The zero-order valence-corrected chi connectivity index (χ0v) is 9.74. The fraction of sp³-hybridized carbons (Fsp3) is 0.417. The topological polar surface area (TPSA) is 75.3 Å². The molecule has 1 rings (SSSR count). The van der Waals surface area contributed by atoms with E-state index in [-0.39, 0.29) is 12.1 Å². The molecule has 4 N–H and O–H groups in total. The number of nitrogens with two attached hydrogens (primary N) is 1. The van der Waals surface area contributed by atoms with Crippen molar-refractivity contribution >= 4 is 11.6 Å².